The van der Waals surface area contributed by atoms with Gasteiger partial charge < -0.3 is 31.7 Å². The highest BCUT2D eigenvalue weighted by Crippen LogP contribution is 2.35. The molecule has 7 N–H and O–H groups in total. The van der Waals surface area contributed by atoms with Gasteiger partial charge >= 0.3 is 0 Å². The number of ether oxygens (including phenoxy) is 1. The van der Waals surface area contributed by atoms with E-state index in [2.05, 4.69) is 22.2 Å². The predicted octanol–water partition coefficient (Wildman–Crippen LogP) is 3.33. The normalized spacial score (nSPS) is 13.7. The minimum absolute atomic E-state index is 0.00746. The number of anilines is 1. The second-order valence-corrected chi connectivity index (χ2v) is 7.04. The highest BCUT2D eigenvalue weighted by molar-refractivity contribution is 5.54. The molecule has 0 saturated carbocycles. The first kappa shape index (κ1) is 21.0. The van der Waals surface area contributed by atoms with Crippen molar-refractivity contribution in [1.29, 1.82) is 0 Å². The standard InChI is InChI=1S/C19H24N2O2.C2H7NO/c1-11(2)15-9-16(18(23)10-17(15)22)19(20)21-14-7-6-12-4-3-5-13(12)8-14;1-4-2-3/h6-11,19,21-23H,3-5,20H2,1-2H3;2-3H2,1H3. The molecule has 6 heteroatoms. The smallest absolute Gasteiger partial charge is 0.125 e. The Bertz CT molecular complexity index is 761. The lowest BCUT2D eigenvalue weighted by Gasteiger charge is -2.20. The molecule has 0 aromatic heterocycles. The zero-order chi connectivity index (χ0) is 20.0. The van der Waals surface area contributed by atoms with Crippen molar-refractivity contribution in [3.63, 3.8) is 0 Å². The Labute approximate surface area is 161 Å². The van der Waals surface area contributed by atoms with Crippen LogP contribution in [0.1, 0.15) is 54.6 Å². The van der Waals surface area contributed by atoms with Crippen LogP contribution in [0.3, 0.4) is 0 Å². The molecule has 1 unspecified atom stereocenters. The van der Waals surface area contributed by atoms with Crippen molar-refractivity contribution in [2.45, 2.75) is 45.2 Å². The summed E-state index contributed by atoms with van der Waals surface area (Å²) in [4.78, 5) is 0. The Morgan fingerprint density at radius 2 is 1.67 bits per heavy atom. The van der Waals surface area contributed by atoms with Gasteiger partial charge in [0.15, 0.2) is 0 Å². The van der Waals surface area contributed by atoms with Gasteiger partial charge in [-0.1, -0.05) is 19.9 Å². The Kier molecular flexibility index (Phi) is 7.47. The lowest BCUT2D eigenvalue weighted by Crippen LogP contribution is -2.20. The third kappa shape index (κ3) is 5.35. The number of aryl methyl sites for hydroxylation is 2. The minimum Gasteiger partial charge on any atom is -0.508 e. The second kappa shape index (κ2) is 9.60. The van der Waals surface area contributed by atoms with Gasteiger partial charge in [0.2, 0.25) is 0 Å². The van der Waals surface area contributed by atoms with Gasteiger partial charge in [-0.15, -0.1) is 0 Å². The maximum absolute atomic E-state index is 10.1. The third-order valence-electron chi connectivity index (χ3n) is 4.72. The van der Waals surface area contributed by atoms with Crippen molar-refractivity contribution in [2.75, 3.05) is 19.2 Å². The van der Waals surface area contributed by atoms with Gasteiger partial charge in [0.25, 0.3) is 0 Å². The first-order chi connectivity index (χ1) is 12.9. The van der Waals surface area contributed by atoms with E-state index in [4.69, 9.17) is 11.5 Å². The highest BCUT2D eigenvalue weighted by atomic mass is 16.5. The summed E-state index contributed by atoms with van der Waals surface area (Å²) < 4.78 is 4.32. The van der Waals surface area contributed by atoms with Gasteiger partial charge in [-0.25, -0.2) is 0 Å². The molecule has 3 rings (SSSR count). The van der Waals surface area contributed by atoms with Gasteiger partial charge in [0, 0.05) is 24.4 Å². The van der Waals surface area contributed by atoms with Crippen LogP contribution in [-0.2, 0) is 17.6 Å². The summed E-state index contributed by atoms with van der Waals surface area (Å²) in [6.45, 7) is 4.31. The van der Waals surface area contributed by atoms with E-state index in [0.29, 0.717) is 12.3 Å². The number of rotatable bonds is 5. The number of nitrogens with two attached hydrogens (primary N) is 2. The van der Waals surface area contributed by atoms with Crippen LogP contribution in [-0.4, -0.2) is 24.1 Å². The van der Waals surface area contributed by atoms with E-state index in [1.54, 1.807) is 13.2 Å². The number of aromatic hydroxyl groups is 2. The third-order valence-corrected chi connectivity index (χ3v) is 4.72. The molecule has 0 bridgehead atoms. The van der Waals surface area contributed by atoms with Crippen molar-refractivity contribution in [2.24, 2.45) is 11.5 Å². The molecule has 1 atom stereocenters. The number of benzene rings is 2. The second-order valence-electron chi connectivity index (χ2n) is 7.04. The van der Waals surface area contributed by atoms with Gasteiger partial charge in [-0.3, -0.25) is 0 Å². The molecular formula is C21H31N3O3. The summed E-state index contributed by atoms with van der Waals surface area (Å²) in [5.41, 5.74) is 16.2. The molecule has 27 heavy (non-hydrogen) atoms. The summed E-state index contributed by atoms with van der Waals surface area (Å²) in [7, 11) is 1.56. The van der Waals surface area contributed by atoms with Gasteiger partial charge in [0.05, 0.1) is 6.73 Å². The summed E-state index contributed by atoms with van der Waals surface area (Å²) in [6.07, 6.45) is 2.94. The van der Waals surface area contributed by atoms with E-state index in [9.17, 15) is 10.2 Å². The number of nitrogens with one attached hydrogen (secondary N) is 1. The SMILES string of the molecule is CC(C)c1cc(C(N)Nc2ccc3c(c2)CCC3)c(O)cc1O.COCN. The van der Waals surface area contributed by atoms with Crippen molar-refractivity contribution in [1.82, 2.24) is 0 Å². The van der Waals surface area contributed by atoms with Crippen LogP contribution in [0.5, 0.6) is 11.5 Å². The van der Waals surface area contributed by atoms with Crippen molar-refractivity contribution < 1.29 is 14.9 Å². The van der Waals surface area contributed by atoms with Gasteiger partial charge in [0.1, 0.15) is 17.7 Å². The molecule has 2 aromatic carbocycles. The summed E-state index contributed by atoms with van der Waals surface area (Å²) in [6, 6.07) is 9.47. The monoisotopic (exact) mass is 373 g/mol. The zero-order valence-corrected chi connectivity index (χ0v) is 16.3. The number of phenols is 2. The maximum Gasteiger partial charge on any atom is 0.125 e. The first-order valence-electron chi connectivity index (χ1n) is 9.26. The average molecular weight is 373 g/mol. The highest BCUT2D eigenvalue weighted by Gasteiger charge is 2.17. The fraction of sp³-hybridized carbons (Fsp3) is 0.429. The number of hydrogen-bond acceptors (Lipinski definition) is 6. The van der Waals surface area contributed by atoms with Crippen LogP contribution in [0.15, 0.2) is 30.3 Å². The molecule has 0 aliphatic heterocycles. The van der Waals surface area contributed by atoms with Crippen LogP contribution in [0.25, 0.3) is 0 Å². The molecule has 2 aromatic rings. The minimum atomic E-state index is -0.535. The topological polar surface area (TPSA) is 114 Å². The molecule has 1 aliphatic carbocycles. The molecule has 0 heterocycles. The quantitative estimate of drug-likeness (QED) is 0.514. The lowest BCUT2D eigenvalue weighted by atomic mass is 9.97. The van der Waals surface area contributed by atoms with E-state index in [1.165, 1.54) is 23.6 Å². The van der Waals surface area contributed by atoms with E-state index in [0.717, 1.165) is 24.1 Å². The van der Waals surface area contributed by atoms with Crippen LogP contribution in [0.2, 0.25) is 0 Å². The molecular weight excluding hydrogens is 342 g/mol. The Morgan fingerprint density at radius 3 is 2.30 bits per heavy atom. The summed E-state index contributed by atoms with van der Waals surface area (Å²) in [5.74, 6) is 0.264. The Hall–Kier alpha value is -2.28. The van der Waals surface area contributed by atoms with E-state index >= 15 is 0 Å². The van der Waals surface area contributed by atoms with Crippen molar-refractivity contribution in [3.05, 3.63) is 52.6 Å². The van der Waals surface area contributed by atoms with Crippen molar-refractivity contribution >= 4 is 5.69 Å². The molecule has 0 fully saturated rings. The number of fused-ring (bicyclic) bond motifs is 1. The molecule has 1 aliphatic rings. The fourth-order valence-corrected chi connectivity index (χ4v) is 3.24. The fourth-order valence-electron chi connectivity index (χ4n) is 3.24. The lowest BCUT2D eigenvalue weighted by molar-refractivity contribution is 0.207. The molecule has 0 radical (unpaired) electrons. The Morgan fingerprint density at radius 1 is 1.04 bits per heavy atom. The number of methoxy groups -OCH3 is 1. The van der Waals surface area contributed by atoms with Crippen LogP contribution in [0, 0.1) is 0 Å². The summed E-state index contributed by atoms with van der Waals surface area (Å²) in [5, 5.41) is 23.3. The van der Waals surface area contributed by atoms with Gasteiger partial charge in [-0.05, 0) is 60.1 Å². The largest absolute Gasteiger partial charge is 0.508 e. The molecule has 148 valence electrons. The van der Waals surface area contributed by atoms with E-state index in [1.807, 2.05) is 19.9 Å². The molecule has 0 saturated heterocycles. The van der Waals surface area contributed by atoms with Crippen LogP contribution in [0.4, 0.5) is 5.69 Å². The van der Waals surface area contributed by atoms with Crippen LogP contribution >= 0.6 is 0 Å². The van der Waals surface area contributed by atoms with E-state index in [-0.39, 0.29) is 17.4 Å². The maximum atomic E-state index is 10.1. The van der Waals surface area contributed by atoms with Crippen LogP contribution < -0.4 is 16.8 Å². The zero-order valence-electron chi connectivity index (χ0n) is 16.3. The Balaban J connectivity index is 0.000000596. The molecule has 0 spiro atoms. The predicted molar refractivity (Wildman–Crippen MR) is 109 cm³/mol. The molecule has 6 nitrogen and oxygen atoms in total. The molecule has 0 amide bonds. The van der Waals surface area contributed by atoms with E-state index < -0.39 is 6.17 Å². The first-order valence-corrected chi connectivity index (χ1v) is 9.26. The van der Waals surface area contributed by atoms with Crippen molar-refractivity contribution in [3.8, 4) is 11.5 Å². The number of phenolic OH excluding ortho intramolecular Hbond substituents is 2. The van der Waals surface area contributed by atoms with Gasteiger partial charge in [-0.2, -0.15) is 0 Å². The summed E-state index contributed by atoms with van der Waals surface area (Å²) >= 11 is 0. The number of hydrogen-bond donors (Lipinski definition) is 5. The average Bonchev–Trinajstić information content (AvgIpc) is 3.09.